The summed E-state index contributed by atoms with van der Waals surface area (Å²) in [5.41, 5.74) is 1.23. The molecule has 0 bridgehead atoms. The lowest BCUT2D eigenvalue weighted by atomic mass is 10.4. The Balaban J connectivity index is 2.48. The van der Waals surface area contributed by atoms with Crippen LogP contribution in [-0.4, -0.2) is 44.8 Å². The van der Waals surface area contributed by atoms with E-state index in [1.54, 1.807) is 20.3 Å². The van der Waals surface area contributed by atoms with Gasteiger partial charge < -0.3 is 9.88 Å². The summed E-state index contributed by atoms with van der Waals surface area (Å²) in [5.74, 6) is -0.0653. The van der Waals surface area contributed by atoms with Crippen molar-refractivity contribution in [3.05, 3.63) is 18.3 Å². The number of carbonyl (C=O) groups excluding carboxylic acids is 1. The van der Waals surface area contributed by atoms with Crippen LogP contribution in [0.1, 0.15) is 10.6 Å². The van der Waals surface area contributed by atoms with Crippen LogP contribution in [0.15, 0.2) is 12.5 Å². The van der Waals surface area contributed by atoms with Crippen LogP contribution in [0.5, 0.6) is 0 Å². The normalized spacial score (nSPS) is 10.4. The zero-order valence-electron chi connectivity index (χ0n) is 7.85. The zero-order chi connectivity index (χ0) is 10.1. The van der Waals surface area contributed by atoms with Crippen molar-refractivity contribution in [1.82, 2.24) is 24.8 Å². The summed E-state index contributed by atoms with van der Waals surface area (Å²) < 4.78 is 0. The molecule has 0 aromatic carbocycles. The van der Waals surface area contributed by atoms with Gasteiger partial charge in [0.15, 0.2) is 5.65 Å². The Morgan fingerprint density at radius 3 is 2.93 bits per heavy atom. The van der Waals surface area contributed by atoms with Gasteiger partial charge in [0, 0.05) is 14.1 Å². The van der Waals surface area contributed by atoms with E-state index in [0.29, 0.717) is 5.65 Å². The van der Waals surface area contributed by atoms with Crippen molar-refractivity contribution in [3.63, 3.8) is 0 Å². The van der Waals surface area contributed by atoms with Crippen molar-refractivity contribution in [1.29, 1.82) is 0 Å². The summed E-state index contributed by atoms with van der Waals surface area (Å²) >= 11 is 0. The highest BCUT2D eigenvalue weighted by Crippen LogP contribution is 2.04. The summed E-state index contributed by atoms with van der Waals surface area (Å²) in [5, 5.41) is 0. The van der Waals surface area contributed by atoms with Crippen LogP contribution in [0.3, 0.4) is 0 Å². The summed E-state index contributed by atoms with van der Waals surface area (Å²) in [7, 11) is 3.31. The third kappa shape index (κ3) is 1.30. The molecule has 0 aliphatic rings. The highest BCUT2D eigenvalue weighted by Gasteiger charge is 2.12. The van der Waals surface area contributed by atoms with Crippen LogP contribution in [0.2, 0.25) is 0 Å². The maximum absolute atomic E-state index is 11.5. The molecule has 72 valence electrons. The standard InChI is InChI=1S/C8H9N5O/c1-13(2)8(14)7-9-3-5-6(12-7)11-4-10-5/h3-4H,1-2H3,(H,9,10,11,12). The Morgan fingerprint density at radius 2 is 2.21 bits per heavy atom. The molecule has 0 saturated heterocycles. The third-order valence-corrected chi connectivity index (χ3v) is 1.77. The average molecular weight is 191 g/mol. The van der Waals surface area contributed by atoms with Crippen molar-refractivity contribution in [3.8, 4) is 0 Å². The first-order valence-electron chi connectivity index (χ1n) is 4.06. The molecule has 0 unspecified atom stereocenters. The molecule has 14 heavy (non-hydrogen) atoms. The van der Waals surface area contributed by atoms with Crippen LogP contribution in [0.25, 0.3) is 11.2 Å². The van der Waals surface area contributed by atoms with Crippen molar-refractivity contribution in [2.75, 3.05) is 14.1 Å². The Kier molecular flexibility index (Phi) is 1.88. The first-order valence-corrected chi connectivity index (χ1v) is 4.06. The van der Waals surface area contributed by atoms with Gasteiger partial charge in [-0.05, 0) is 0 Å². The minimum Gasteiger partial charge on any atom is -0.342 e. The van der Waals surface area contributed by atoms with Gasteiger partial charge in [-0.2, -0.15) is 0 Å². The fraction of sp³-hybridized carbons (Fsp3) is 0.250. The maximum Gasteiger partial charge on any atom is 0.291 e. The van der Waals surface area contributed by atoms with Gasteiger partial charge in [-0.25, -0.2) is 15.0 Å². The van der Waals surface area contributed by atoms with Gasteiger partial charge in [0.1, 0.15) is 5.52 Å². The molecule has 1 amide bonds. The number of carbonyl (C=O) groups is 1. The number of hydrogen-bond acceptors (Lipinski definition) is 4. The Bertz CT molecular complexity index is 475. The molecular weight excluding hydrogens is 182 g/mol. The molecule has 2 aromatic heterocycles. The number of H-pyrrole nitrogens is 1. The van der Waals surface area contributed by atoms with Crippen LogP contribution in [-0.2, 0) is 0 Å². The van der Waals surface area contributed by atoms with Gasteiger partial charge in [-0.3, -0.25) is 4.79 Å². The van der Waals surface area contributed by atoms with Gasteiger partial charge in [-0.1, -0.05) is 0 Å². The van der Waals surface area contributed by atoms with Crippen LogP contribution in [0.4, 0.5) is 0 Å². The fourth-order valence-corrected chi connectivity index (χ4v) is 1.04. The Labute approximate surface area is 80.0 Å². The first-order chi connectivity index (χ1) is 6.68. The molecular formula is C8H9N5O. The van der Waals surface area contributed by atoms with E-state index in [1.807, 2.05) is 0 Å². The number of nitrogens with one attached hydrogen (secondary N) is 1. The third-order valence-electron chi connectivity index (χ3n) is 1.77. The first kappa shape index (κ1) is 8.61. The minimum atomic E-state index is -0.227. The summed E-state index contributed by atoms with van der Waals surface area (Å²) in [6.07, 6.45) is 3.06. The Hall–Kier alpha value is -1.98. The summed E-state index contributed by atoms with van der Waals surface area (Å²) in [6, 6.07) is 0. The lowest BCUT2D eigenvalue weighted by Crippen LogP contribution is -2.23. The predicted molar refractivity (Wildman–Crippen MR) is 49.7 cm³/mol. The highest BCUT2D eigenvalue weighted by atomic mass is 16.2. The minimum absolute atomic E-state index is 0.162. The van der Waals surface area contributed by atoms with E-state index in [2.05, 4.69) is 19.9 Å². The molecule has 6 heteroatoms. The van der Waals surface area contributed by atoms with E-state index in [0.717, 1.165) is 5.52 Å². The molecule has 0 atom stereocenters. The van der Waals surface area contributed by atoms with Crippen LogP contribution in [0, 0.1) is 0 Å². The molecule has 0 fully saturated rings. The SMILES string of the molecule is CN(C)C(=O)c1ncc2[nH]cnc2n1. The molecule has 6 nitrogen and oxygen atoms in total. The van der Waals surface area contributed by atoms with E-state index in [-0.39, 0.29) is 11.7 Å². The zero-order valence-corrected chi connectivity index (χ0v) is 7.85. The number of nitrogens with zero attached hydrogens (tertiary/aromatic N) is 4. The maximum atomic E-state index is 11.5. The predicted octanol–water partition coefficient (Wildman–Crippen LogP) is 0.0547. The lowest BCUT2D eigenvalue weighted by Gasteiger charge is -2.07. The monoisotopic (exact) mass is 191 g/mol. The molecule has 2 aromatic rings. The second kappa shape index (κ2) is 3.06. The molecule has 0 aliphatic carbocycles. The molecule has 0 saturated carbocycles. The summed E-state index contributed by atoms with van der Waals surface area (Å²) in [6.45, 7) is 0. The molecule has 2 rings (SSSR count). The van der Waals surface area contributed by atoms with E-state index >= 15 is 0 Å². The summed E-state index contributed by atoms with van der Waals surface area (Å²) in [4.78, 5) is 27.6. The fourth-order valence-electron chi connectivity index (χ4n) is 1.04. The van der Waals surface area contributed by atoms with E-state index in [4.69, 9.17) is 0 Å². The average Bonchev–Trinajstić information content (AvgIpc) is 2.62. The van der Waals surface area contributed by atoms with E-state index in [1.165, 1.54) is 11.2 Å². The lowest BCUT2D eigenvalue weighted by molar-refractivity contribution is 0.0816. The van der Waals surface area contributed by atoms with E-state index < -0.39 is 0 Å². The largest absolute Gasteiger partial charge is 0.342 e. The van der Waals surface area contributed by atoms with Crippen LogP contribution >= 0.6 is 0 Å². The van der Waals surface area contributed by atoms with Gasteiger partial charge in [0.05, 0.1) is 12.5 Å². The van der Waals surface area contributed by atoms with Crippen molar-refractivity contribution >= 4 is 17.1 Å². The number of amides is 1. The molecule has 2 heterocycles. The Morgan fingerprint density at radius 1 is 1.43 bits per heavy atom. The molecule has 0 aliphatic heterocycles. The second-order valence-electron chi connectivity index (χ2n) is 3.03. The van der Waals surface area contributed by atoms with Crippen molar-refractivity contribution in [2.24, 2.45) is 0 Å². The highest BCUT2D eigenvalue weighted by molar-refractivity contribution is 5.91. The molecule has 1 N–H and O–H groups in total. The number of rotatable bonds is 1. The number of aromatic nitrogens is 4. The van der Waals surface area contributed by atoms with E-state index in [9.17, 15) is 4.79 Å². The smallest absolute Gasteiger partial charge is 0.291 e. The molecule has 0 radical (unpaired) electrons. The topological polar surface area (TPSA) is 74.8 Å². The van der Waals surface area contributed by atoms with Gasteiger partial charge >= 0.3 is 0 Å². The van der Waals surface area contributed by atoms with Gasteiger partial charge in [-0.15, -0.1) is 0 Å². The van der Waals surface area contributed by atoms with Gasteiger partial charge in [0.25, 0.3) is 5.91 Å². The molecule has 0 spiro atoms. The number of fused-ring (bicyclic) bond motifs is 1. The second-order valence-corrected chi connectivity index (χ2v) is 3.03. The quantitative estimate of drug-likeness (QED) is 0.691. The number of aromatic amines is 1. The van der Waals surface area contributed by atoms with Crippen LogP contribution < -0.4 is 0 Å². The van der Waals surface area contributed by atoms with Crippen molar-refractivity contribution in [2.45, 2.75) is 0 Å². The van der Waals surface area contributed by atoms with Crippen molar-refractivity contribution < 1.29 is 4.79 Å². The van der Waals surface area contributed by atoms with Gasteiger partial charge in [0.2, 0.25) is 5.82 Å². The number of hydrogen-bond donors (Lipinski definition) is 1. The number of imidazole rings is 1.